The Morgan fingerprint density at radius 1 is 1.11 bits per heavy atom. The number of nitrogens with zero attached hydrogens (tertiary/aromatic N) is 4. The van der Waals surface area contributed by atoms with Crippen molar-refractivity contribution in [3.05, 3.63) is 87.0 Å². The molecule has 0 unspecified atom stereocenters. The first-order valence-electron chi connectivity index (χ1n) is 11.2. The molecule has 1 amide bonds. The number of nitrogens with one attached hydrogen (secondary N) is 1. The van der Waals surface area contributed by atoms with E-state index >= 15 is 0 Å². The van der Waals surface area contributed by atoms with Gasteiger partial charge in [-0.1, -0.05) is 24.3 Å². The van der Waals surface area contributed by atoms with Gasteiger partial charge in [-0.3, -0.25) is 14.0 Å². The Morgan fingerprint density at radius 2 is 1.83 bits per heavy atom. The maximum absolute atomic E-state index is 14.4. The predicted octanol–water partition coefficient (Wildman–Crippen LogP) is 3.56. The van der Waals surface area contributed by atoms with Crippen LogP contribution in [0.1, 0.15) is 27.0 Å². The molecule has 0 aliphatic carbocycles. The second-order valence-corrected chi connectivity index (χ2v) is 8.76. The van der Waals surface area contributed by atoms with Crippen LogP contribution >= 0.6 is 0 Å². The van der Waals surface area contributed by atoms with Crippen LogP contribution in [-0.2, 0) is 13.1 Å². The van der Waals surface area contributed by atoms with Crippen LogP contribution in [0.5, 0.6) is 11.5 Å². The van der Waals surface area contributed by atoms with Crippen molar-refractivity contribution < 1.29 is 19.0 Å². The van der Waals surface area contributed by atoms with Gasteiger partial charge in [0.25, 0.3) is 11.5 Å². The highest BCUT2D eigenvalue weighted by Gasteiger charge is 2.26. The van der Waals surface area contributed by atoms with Crippen LogP contribution in [0.3, 0.4) is 0 Å². The number of H-pyrrole nitrogens is 1. The van der Waals surface area contributed by atoms with Gasteiger partial charge in [-0.2, -0.15) is 0 Å². The zero-order chi connectivity index (χ0) is 25.1. The number of aryl methyl sites for hydroxylation is 1. The fourth-order valence-electron chi connectivity index (χ4n) is 4.74. The Hall–Kier alpha value is -4.73. The molecule has 6 rings (SSSR count). The number of phenols is 1. The molecule has 180 valence electrons. The molecule has 1 aliphatic rings. The van der Waals surface area contributed by atoms with Gasteiger partial charge in [-0.05, 0) is 47.9 Å². The van der Waals surface area contributed by atoms with Crippen molar-refractivity contribution in [3.63, 3.8) is 0 Å². The molecule has 0 bridgehead atoms. The third kappa shape index (κ3) is 3.22. The quantitative estimate of drug-likeness (QED) is 0.404. The number of aromatic nitrogens is 4. The van der Waals surface area contributed by atoms with Crippen molar-refractivity contribution in [1.29, 1.82) is 0 Å². The molecular weight excluding hydrogens is 465 g/mol. The molecule has 9 nitrogen and oxygen atoms in total. The molecule has 0 atom stereocenters. The average molecular weight is 485 g/mol. The maximum Gasteiger partial charge on any atom is 0.294 e. The highest BCUT2D eigenvalue weighted by Crippen LogP contribution is 2.34. The van der Waals surface area contributed by atoms with Crippen molar-refractivity contribution in [2.24, 2.45) is 0 Å². The minimum Gasteiger partial charge on any atom is -0.502 e. The molecule has 0 saturated carbocycles. The number of hydrogen-bond acceptors (Lipinski definition) is 6. The van der Waals surface area contributed by atoms with Gasteiger partial charge in [-0.25, -0.2) is 4.39 Å². The Bertz CT molecular complexity index is 1750. The zero-order valence-corrected chi connectivity index (χ0v) is 19.4. The van der Waals surface area contributed by atoms with E-state index < -0.39 is 17.1 Å². The van der Waals surface area contributed by atoms with E-state index in [0.717, 1.165) is 17.2 Å². The minimum atomic E-state index is -0.897. The van der Waals surface area contributed by atoms with E-state index in [9.17, 15) is 19.1 Å². The number of ether oxygens (including phenoxy) is 1. The van der Waals surface area contributed by atoms with E-state index in [2.05, 4.69) is 15.2 Å². The topological polar surface area (TPSA) is 113 Å². The first kappa shape index (κ1) is 21.8. The first-order valence-corrected chi connectivity index (χ1v) is 11.2. The van der Waals surface area contributed by atoms with Crippen LogP contribution in [0.4, 0.5) is 4.39 Å². The molecule has 0 radical (unpaired) electrons. The largest absolute Gasteiger partial charge is 0.502 e. The first-order chi connectivity index (χ1) is 17.4. The van der Waals surface area contributed by atoms with Crippen LogP contribution in [-0.4, -0.2) is 42.6 Å². The highest BCUT2D eigenvalue weighted by molar-refractivity contribution is 5.99. The molecule has 3 aromatic carbocycles. The van der Waals surface area contributed by atoms with E-state index in [4.69, 9.17) is 4.74 Å². The number of carbonyl (C=O) groups is 1. The lowest BCUT2D eigenvalue weighted by atomic mass is 10.1. The molecule has 10 heteroatoms. The summed E-state index contributed by atoms with van der Waals surface area (Å²) in [6.45, 7) is 2.86. The summed E-state index contributed by atoms with van der Waals surface area (Å²) < 4.78 is 20.9. The Labute approximate surface area is 203 Å². The van der Waals surface area contributed by atoms with Gasteiger partial charge in [0.15, 0.2) is 23.1 Å². The molecule has 0 saturated heterocycles. The summed E-state index contributed by atoms with van der Waals surface area (Å²) >= 11 is 0. The maximum atomic E-state index is 14.4. The number of phenolic OH excluding ortho intramolecular Hbond substituents is 1. The third-order valence-corrected chi connectivity index (χ3v) is 6.56. The molecule has 1 aliphatic heterocycles. The van der Waals surface area contributed by atoms with Crippen molar-refractivity contribution in [3.8, 4) is 22.9 Å². The van der Waals surface area contributed by atoms with E-state index in [1.807, 2.05) is 31.2 Å². The predicted molar refractivity (Wildman–Crippen MR) is 129 cm³/mol. The summed E-state index contributed by atoms with van der Waals surface area (Å²) in [6.07, 6.45) is 0. The van der Waals surface area contributed by atoms with Crippen molar-refractivity contribution >= 4 is 22.6 Å². The molecule has 36 heavy (non-hydrogen) atoms. The number of aromatic hydroxyl groups is 1. The van der Waals surface area contributed by atoms with Gasteiger partial charge < -0.3 is 19.7 Å². The van der Waals surface area contributed by atoms with Gasteiger partial charge in [0.2, 0.25) is 5.65 Å². The number of methoxy groups -OCH3 is 1. The minimum absolute atomic E-state index is 0.0124. The van der Waals surface area contributed by atoms with Crippen LogP contribution in [0.25, 0.3) is 28.1 Å². The fraction of sp³-hybridized carbons (Fsp3) is 0.154. The lowest BCUT2D eigenvalue weighted by Gasteiger charge is -2.18. The Kier molecular flexibility index (Phi) is 4.78. The lowest BCUT2D eigenvalue weighted by molar-refractivity contribution is 0.0751. The zero-order valence-electron chi connectivity index (χ0n) is 19.4. The Morgan fingerprint density at radius 3 is 2.53 bits per heavy atom. The van der Waals surface area contributed by atoms with Gasteiger partial charge in [0.1, 0.15) is 0 Å². The number of hydrogen-bond donors (Lipinski definition) is 2. The van der Waals surface area contributed by atoms with E-state index in [-0.39, 0.29) is 28.7 Å². The molecule has 5 aromatic rings. The van der Waals surface area contributed by atoms with Crippen molar-refractivity contribution in [1.82, 2.24) is 24.5 Å². The normalized spacial score (nSPS) is 12.9. The number of halogens is 1. The third-order valence-electron chi connectivity index (χ3n) is 6.56. The standard InChI is InChI=1S/C26H20FN5O4/c1-13-7-20-19(10-17(13)26(35)31-11-14-5-3-4-6-15(14)12-31)28-25(34)24-30-29-23(32(20)24)16-8-18(27)22(33)21(9-16)36-2/h3-10,33H,11-12H2,1-2H3,(H,28,34). The van der Waals surface area contributed by atoms with Gasteiger partial charge in [0.05, 0.1) is 18.1 Å². The molecule has 0 fully saturated rings. The summed E-state index contributed by atoms with van der Waals surface area (Å²) in [5.41, 5.74) is 4.11. The number of aromatic amines is 1. The second kappa shape index (κ2) is 7.91. The summed E-state index contributed by atoms with van der Waals surface area (Å²) in [5, 5.41) is 18.0. The highest BCUT2D eigenvalue weighted by atomic mass is 19.1. The van der Waals surface area contributed by atoms with Crippen LogP contribution in [0, 0.1) is 12.7 Å². The molecule has 2 N–H and O–H groups in total. The SMILES string of the molecule is COc1cc(-c2nnc3c(=O)[nH]c4cc(C(=O)N5Cc6ccccc6C5)c(C)cc4n23)cc(F)c1O. The summed E-state index contributed by atoms with van der Waals surface area (Å²) in [4.78, 5) is 30.8. The number of amides is 1. The smallest absolute Gasteiger partial charge is 0.294 e. The summed E-state index contributed by atoms with van der Waals surface area (Å²) in [6, 6.07) is 13.9. The lowest BCUT2D eigenvalue weighted by Crippen LogP contribution is -2.26. The molecule has 3 heterocycles. The van der Waals surface area contributed by atoms with E-state index in [1.54, 1.807) is 17.0 Å². The van der Waals surface area contributed by atoms with Gasteiger partial charge in [0, 0.05) is 24.2 Å². The van der Waals surface area contributed by atoms with E-state index in [1.165, 1.54) is 17.6 Å². The summed E-state index contributed by atoms with van der Waals surface area (Å²) in [7, 11) is 1.31. The summed E-state index contributed by atoms with van der Waals surface area (Å²) in [5.74, 6) is -1.55. The number of fused-ring (bicyclic) bond motifs is 4. The van der Waals surface area contributed by atoms with E-state index in [0.29, 0.717) is 35.2 Å². The van der Waals surface area contributed by atoms with Crippen LogP contribution < -0.4 is 10.3 Å². The molecule has 0 spiro atoms. The second-order valence-electron chi connectivity index (χ2n) is 8.76. The Balaban J connectivity index is 1.50. The molecular formula is C26H20FN5O4. The van der Waals surface area contributed by atoms with Crippen molar-refractivity contribution in [2.75, 3.05) is 7.11 Å². The van der Waals surface area contributed by atoms with Gasteiger partial charge in [-0.15, -0.1) is 10.2 Å². The number of carbonyl (C=O) groups excluding carboxylic acids is 1. The molecule has 2 aromatic heterocycles. The number of rotatable bonds is 3. The monoisotopic (exact) mass is 485 g/mol. The fourth-order valence-corrected chi connectivity index (χ4v) is 4.74. The number of benzene rings is 3. The van der Waals surface area contributed by atoms with Crippen molar-refractivity contribution in [2.45, 2.75) is 20.0 Å². The van der Waals surface area contributed by atoms with Crippen LogP contribution in [0.15, 0.2) is 53.3 Å². The van der Waals surface area contributed by atoms with Gasteiger partial charge >= 0.3 is 0 Å². The average Bonchev–Trinajstić information content (AvgIpc) is 3.51. The van der Waals surface area contributed by atoms with Crippen LogP contribution in [0.2, 0.25) is 0 Å².